The predicted molar refractivity (Wildman–Crippen MR) is 76.2 cm³/mol. The maximum atomic E-state index is 10.5. The Hall–Kier alpha value is -3.40. The molecule has 0 N–H and O–H groups in total. The topological polar surface area (TPSA) is 104 Å². The molecule has 102 valence electrons. The highest BCUT2D eigenvalue weighted by Crippen LogP contribution is 2.18. The van der Waals surface area contributed by atoms with Crippen molar-refractivity contribution in [2.24, 2.45) is 15.4 Å². The number of nitro benzene ring substituents is 1. The van der Waals surface area contributed by atoms with Gasteiger partial charge < -0.3 is 0 Å². The maximum absolute atomic E-state index is 10.5. The van der Waals surface area contributed by atoms with Crippen molar-refractivity contribution in [2.45, 2.75) is 0 Å². The molecule has 2 aromatic carbocycles. The molecule has 0 aromatic heterocycles. The van der Waals surface area contributed by atoms with Crippen LogP contribution in [-0.2, 0) is 0 Å². The minimum Gasteiger partial charge on any atom is -0.258 e. The zero-order valence-corrected chi connectivity index (χ0v) is 10.7. The summed E-state index contributed by atoms with van der Waals surface area (Å²) in [6, 6.07) is 16.4. The van der Waals surface area contributed by atoms with Gasteiger partial charge in [0.25, 0.3) is 5.69 Å². The molecule has 0 atom stereocenters. The van der Waals surface area contributed by atoms with Crippen molar-refractivity contribution in [3.63, 3.8) is 0 Å². The lowest BCUT2D eigenvalue weighted by atomic mass is 10.1. The fourth-order valence-electron chi connectivity index (χ4n) is 1.50. The van der Waals surface area contributed by atoms with Crippen LogP contribution in [0.3, 0.4) is 0 Å². The van der Waals surface area contributed by atoms with Gasteiger partial charge in [-0.3, -0.25) is 10.1 Å². The number of benzene rings is 2. The molecule has 0 aliphatic rings. The molecule has 7 heteroatoms. The number of hydrogen-bond donors (Lipinski definition) is 0. The second-order valence-electron chi connectivity index (χ2n) is 3.89. The summed E-state index contributed by atoms with van der Waals surface area (Å²) in [7, 11) is 0. The van der Waals surface area contributed by atoms with Gasteiger partial charge in [0, 0.05) is 17.7 Å². The Bertz CT molecular complexity index is 730. The molecule has 0 saturated heterocycles. The average molecular weight is 279 g/mol. The number of nitro groups is 1. The molecule has 0 aliphatic heterocycles. The molecule has 2 rings (SSSR count). The fraction of sp³-hybridized carbons (Fsp3) is 0. The van der Waals surface area contributed by atoms with Gasteiger partial charge in [0.2, 0.25) is 0 Å². The Kier molecular flexibility index (Phi) is 4.46. The Morgan fingerprint density at radius 2 is 1.76 bits per heavy atom. The second-order valence-corrected chi connectivity index (χ2v) is 3.89. The summed E-state index contributed by atoms with van der Waals surface area (Å²) in [5.41, 5.74) is 1.16. The van der Waals surface area contributed by atoms with Gasteiger partial charge in [0.05, 0.1) is 10.6 Å². The molecule has 0 bridgehead atoms. The number of non-ortho nitro benzene ring substituents is 1. The summed E-state index contributed by atoms with van der Waals surface area (Å²) in [4.78, 5) is 10.0. The number of nitriles is 1. The second kappa shape index (κ2) is 6.68. The zero-order valence-electron chi connectivity index (χ0n) is 10.7. The lowest BCUT2D eigenvalue weighted by Crippen LogP contribution is -1.94. The Labute approximate surface area is 120 Å². The Morgan fingerprint density at radius 3 is 2.33 bits per heavy atom. The van der Waals surface area contributed by atoms with E-state index in [0.717, 1.165) is 0 Å². The van der Waals surface area contributed by atoms with Crippen molar-refractivity contribution >= 4 is 17.1 Å². The molecule has 2 aromatic rings. The van der Waals surface area contributed by atoms with Crippen molar-refractivity contribution in [1.29, 1.82) is 5.26 Å². The van der Waals surface area contributed by atoms with Crippen molar-refractivity contribution < 1.29 is 4.92 Å². The van der Waals surface area contributed by atoms with Gasteiger partial charge in [-0.15, -0.1) is 10.2 Å². The molecule has 0 saturated carbocycles. The summed E-state index contributed by atoms with van der Waals surface area (Å²) >= 11 is 0. The molecular weight excluding hydrogens is 270 g/mol. The van der Waals surface area contributed by atoms with E-state index in [9.17, 15) is 10.1 Å². The highest BCUT2D eigenvalue weighted by Gasteiger charge is 2.03. The predicted octanol–water partition coefficient (Wildman–Crippen LogP) is 3.61. The first-order valence-electron chi connectivity index (χ1n) is 5.89. The van der Waals surface area contributed by atoms with Crippen LogP contribution >= 0.6 is 0 Å². The largest absolute Gasteiger partial charge is 0.269 e. The molecule has 0 radical (unpaired) electrons. The lowest BCUT2D eigenvalue weighted by Gasteiger charge is -1.94. The van der Waals surface area contributed by atoms with Gasteiger partial charge in [-0.05, 0) is 17.4 Å². The van der Waals surface area contributed by atoms with E-state index in [1.165, 1.54) is 24.3 Å². The van der Waals surface area contributed by atoms with E-state index in [4.69, 9.17) is 5.26 Å². The molecule has 7 nitrogen and oxygen atoms in total. The fourth-order valence-corrected chi connectivity index (χ4v) is 1.50. The average Bonchev–Trinajstić information content (AvgIpc) is 2.53. The smallest absolute Gasteiger partial charge is 0.258 e. The van der Waals surface area contributed by atoms with Gasteiger partial charge in [0.1, 0.15) is 6.07 Å². The summed E-state index contributed by atoms with van der Waals surface area (Å²) in [5.74, 6) is 0. The van der Waals surface area contributed by atoms with Gasteiger partial charge in [0.15, 0.2) is 5.71 Å². The van der Waals surface area contributed by atoms with Crippen LogP contribution in [0.4, 0.5) is 11.4 Å². The lowest BCUT2D eigenvalue weighted by molar-refractivity contribution is -0.384. The maximum Gasteiger partial charge on any atom is 0.269 e. The Balaban J connectivity index is 2.15. The van der Waals surface area contributed by atoms with Crippen molar-refractivity contribution in [3.05, 3.63) is 70.3 Å². The third-order valence-electron chi connectivity index (χ3n) is 2.52. The van der Waals surface area contributed by atoms with Crippen LogP contribution in [0, 0.1) is 21.4 Å². The van der Waals surface area contributed by atoms with E-state index in [1.807, 2.05) is 12.1 Å². The molecule has 0 amide bonds. The Morgan fingerprint density at radius 1 is 1.10 bits per heavy atom. The van der Waals surface area contributed by atoms with Crippen LogP contribution in [0.15, 0.2) is 70.0 Å². The molecule has 0 spiro atoms. The van der Waals surface area contributed by atoms with Gasteiger partial charge in [-0.25, -0.2) is 0 Å². The highest BCUT2D eigenvalue weighted by molar-refractivity contribution is 6.11. The van der Waals surface area contributed by atoms with Crippen LogP contribution in [-0.4, -0.2) is 10.6 Å². The van der Waals surface area contributed by atoms with Crippen LogP contribution in [0.25, 0.3) is 0 Å². The molecule has 0 unspecified atom stereocenters. The monoisotopic (exact) mass is 279 g/mol. The molecule has 21 heavy (non-hydrogen) atoms. The van der Waals surface area contributed by atoms with Crippen LogP contribution in [0.5, 0.6) is 0 Å². The van der Waals surface area contributed by atoms with Crippen molar-refractivity contribution in [1.82, 2.24) is 0 Å². The first-order chi connectivity index (χ1) is 10.2. The number of nitrogens with zero attached hydrogens (tertiary/aromatic N) is 5. The molecule has 0 aliphatic carbocycles. The minimum atomic E-state index is -0.498. The molecule has 0 fully saturated rings. The first kappa shape index (κ1) is 14.0. The minimum absolute atomic E-state index is 0.0283. The summed E-state index contributed by atoms with van der Waals surface area (Å²) in [6.45, 7) is 0. The van der Waals surface area contributed by atoms with Gasteiger partial charge in [-0.2, -0.15) is 5.26 Å². The molecule has 0 heterocycles. The number of hydrogen-bond acceptors (Lipinski definition) is 5. The van der Waals surface area contributed by atoms with Crippen LogP contribution in [0.1, 0.15) is 5.56 Å². The van der Waals surface area contributed by atoms with Crippen molar-refractivity contribution in [2.75, 3.05) is 0 Å². The van der Waals surface area contributed by atoms with E-state index >= 15 is 0 Å². The van der Waals surface area contributed by atoms with E-state index in [0.29, 0.717) is 11.3 Å². The zero-order chi connectivity index (χ0) is 15.1. The van der Waals surface area contributed by atoms with E-state index in [2.05, 4.69) is 15.4 Å². The van der Waals surface area contributed by atoms with E-state index in [1.54, 1.807) is 24.3 Å². The third-order valence-corrected chi connectivity index (χ3v) is 2.52. The summed E-state index contributed by atoms with van der Waals surface area (Å²) in [6.07, 6.45) is 0. The van der Waals surface area contributed by atoms with Crippen LogP contribution in [0.2, 0.25) is 0 Å². The summed E-state index contributed by atoms with van der Waals surface area (Å²) in [5, 5.41) is 30.6. The van der Waals surface area contributed by atoms with Crippen LogP contribution < -0.4 is 0 Å². The van der Waals surface area contributed by atoms with Gasteiger partial charge >= 0.3 is 0 Å². The first-order valence-corrected chi connectivity index (χ1v) is 5.89. The standard InChI is InChI=1S/C14H9N5O2/c15-10-14(11-4-2-1-3-5-11)17-18-16-12-6-8-13(9-7-12)19(20)21/h1-9H. The van der Waals surface area contributed by atoms with E-state index in [-0.39, 0.29) is 11.4 Å². The highest BCUT2D eigenvalue weighted by atomic mass is 16.6. The third kappa shape index (κ3) is 3.78. The summed E-state index contributed by atoms with van der Waals surface area (Å²) < 4.78 is 0. The quantitative estimate of drug-likeness (QED) is 0.369. The number of rotatable bonds is 4. The molecular formula is C14H9N5O2. The normalized spacial score (nSPS) is 11.3. The van der Waals surface area contributed by atoms with Gasteiger partial charge in [-0.1, -0.05) is 30.3 Å². The van der Waals surface area contributed by atoms with E-state index < -0.39 is 4.92 Å². The SMILES string of the molecule is N#CC(=NN=Nc1ccc([N+](=O)[O-])cc1)c1ccccc1. The van der Waals surface area contributed by atoms with Crippen molar-refractivity contribution in [3.8, 4) is 6.07 Å².